The van der Waals surface area contributed by atoms with E-state index in [9.17, 15) is 8.76 Å². The van der Waals surface area contributed by atoms with Crippen molar-refractivity contribution in [2.45, 2.75) is 11.7 Å². The molecular weight excluding hydrogens is 142 g/mol. The summed E-state index contributed by atoms with van der Waals surface area (Å²) < 4.78 is 20.2. The van der Waals surface area contributed by atoms with Crippen molar-refractivity contribution in [3.63, 3.8) is 0 Å². The Morgan fingerprint density at radius 1 is 1.78 bits per heavy atom. The Kier molecular flexibility index (Phi) is 4.88. The lowest BCUT2D eigenvalue weighted by atomic mass is 10.3. The number of aliphatic hydroxyl groups is 1. The summed E-state index contributed by atoms with van der Waals surface area (Å²) >= 11 is -2.18. The summed E-state index contributed by atoms with van der Waals surface area (Å²) in [5.41, 5.74) is 5.06. The molecule has 0 heterocycles. The van der Waals surface area contributed by atoms with Gasteiger partial charge < -0.3 is 15.4 Å². The molecule has 2 unspecified atom stereocenters. The molecule has 0 aromatic heterocycles. The molecule has 0 aliphatic carbocycles. The highest BCUT2D eigenvalue weighted by atomic mass is 32.2. The predicted molar refractivity (Wildman–Crippen MR) is 33.5 cm³/mol. The van der Waals surface area contributed by atoms with Gasteiger partial charge in [-0.25, -0.2) is 0 Å². The third kappa shape index (κ3) is 3.58. The standard InChI is InChI=1S/C4H11NO3S/c5-2-1-4(3-6)9(7)8/h4,6H,1-3,5H2,(H,7,8)/p-1. The molecule has 0 aromatic rings. The summed E-state index contributed by atoms with van der Waals surface area (Å²) in [5.74, 6) is 0. The van der Waals surface area contributed by atoms with Crippen LogP contribution < -0.4 is 5.73 Å². The van der Waals surface area contributed by atoms with Gasteiger partial charge in [0.1, 0.15) is 0 Å². The smallest absolute Gasteiger partial charge is 0.0564 e. The molecule has 4 nitrogen and oxygen atoms in total. The van der Waals surface area contributed by atoms with E-state index in [4.69, 9.17) is 10.8 Å². The molecule has 0 aromatic carbocycles. The average molecular weight is 152 g/mol. The van der Waals surface area contributed by atoms with Crippen LogP contribution in [0, 0.1) is 0 Å². The van der Waals surface area contributed by atoms with Gasteiger partial charge in [0, 0.05) is 5.25 Å². The SMILES string of the molecule is NCCC(CO)S(=O)[O-]. The van der Waals surface area contributed by atoms with Crippen molar-refractivity contribution in [2.75, 3.05) is 13.2 Å². The minimum atomic E-state index is -2.18. The Morgan fingerprint density at radius 2 is 2.33 bits per heavy atom. The summed E-state index contributed by atoms with van der Waals surface area (Å²) in [5, 5.41) is 7.69. The minimum Gasteiger partial charge on any atom is -0.772 e. The summed E-state index contributed by atoms with van der Waals surface area (Å²) in [4.78, 5) is 0. The highest BCUT2D eigenvalue weighted by Gasteiger charge is 2.04. The lowest BCUT2D eigenvalue weighted by Crippen LogP contribution is -2.22. The summed E-state index contributed by atoms with van der Waals surface area (Å²) in [6, 6.07) is 0. The van der Waals surface area contributed by atoms with Crippen molar-refractivity contribution in [1.82, 2.24) is 0 Å². The van der Waals surface area contributed by atoms with Crippen LogP contribution >= 0.6 is 0 Å². The van der Waals surface area contributed by atoms with Gasteiger partial charge in [-0.05, 0) is 24.0 Å². The van der Waals surface area contributed by atoms with Crippen LogP contribution in [0.4, 0.5) is 0 Å². The van der Waals surface area contributed by atoms with Crippen LogP contribution in [0.15, 0.2) is 0 Å². The third-order valence-corrected chi connectivity index (χ3v) is 1.89. The molecule has 0 amide bonds. The van der Waals surface area contributed by atoms with Gasteiger partial charge in [-0.1, -0.05) is 0 Å². The first kappa shape index (κ1) is 9.03. The van der Waals surface area contributed by atoms with Crippen LogP contribution in [0.1, 0.15) is 6.42 Å². The zero-order valence-electron chi connectivity index (χ0n) is 4.95. The van der Waals surface area contributed by atoms with Crippen molar-refractivity contribution in [1.29, 1.82) is 0 Å². The molecule has 0 aliphatic heterocycles. The first-order valence-electron chi connectivity index (χ1n) is 2.61. The Labute approximate surface area is 56.3 Å². The molecule has 5 heteroatoms. The normalized spacial score (nSPS) is 17.2. The number of hydrogen-bond donors (Lipinski definition) is 2. The maximum absolute atomic E-state index is 10.1. The van der Waals surface area contributed by atoms with Gasteiger partial charge in [0.25, 0.3) is 0 Å². The number of aliphatic hydroxyl groups excluding tert-OH is 1. The molecule has 0 rings (SSSR count). The molecular formula is C4H10NO3S-. The van der Waals surface area contributed by atoms with Crippen LogP contribution in [-0.2, 0) is 11.1 Å². The fourth-order valence-electron chi connectivity index (χ4n) is 0.434. The maximum atomic E-state index is 10.1. The largest absolute Gasteiger partial charge is 0.772 e. The molecule has 0 aliphatic rings. The first-order chi connectivity index (χ1) is 4.22. The number of nitrogens with two attached hydrogens (primary N) is 1. The molecule has 9 heavy (non-hydrogen) atoms. The van der Waals surface area contributed by atoms with E-state index in [1.165, 1.54) is 0 Å². The summed E-state index contributed by atoms with van der Waals surface area (Å²) in [6.07, 6.45) is 0.326. The predicted octanol–water partition coefficient (Wildman–Crippen LogP) is -1.42. The van der Waals surface area contributed by atoms with E-state index in [-0.39, 0.29) is 6.61 Å². The molecule has 0 saturated heterocycles. The molecule has 3 N–H and O–H groups in total. The Bertz CT molecular complexity index is 97.8. The lowest BCUT2D eigenvalue weighted by molar-refractivity contribution is 0.284. The van der Waals surface area contributed by atoms with E-state index in [0.717, 1.165) is 0 Å². The molecule has 0 radical (unpaired) electrons. The minimum absolute atomic E-state index is 0.291. The van der Waals surface area contributed by atoms with E-state index < -0.39 is 16.3 Å². The van der Waals surface area contributed by atoms with Crippen LogP contribution in [0.3, 0.4) is 0 Å². The van der Waals surface area contributed by atoms with Gasteiger partial charge >= 0.3 is 0 Å². The Morgan fingerprint density at radius 3 is 2.44 bits per heavy atom. The van der Waals surface area contributed by atoms with Gasteiger partial charge in [-0.15, -0.1) is 0 Å². The molecule has 0 bridgehead atoms. The van der Waals surface area contributed by atoms with Crippen LogP contribution in [0.25, 0.3) is 0 Å². The topological polar surface area (TPSA) is 86.4 Å². The molecule has 56 valence electrons. The zero-order valence-corrected chi connectivity index (χ0v) is 5.76. The van der Waals surface area contributed by atoms with Crippen molar-refractivity contribution in [3.8, 4) is 0 Å². The van der Waals surface area contributed by atoms with E-state index in [0.29, 0.717) is 13.0 Å². The second kappa shape index (κ2) is 4.87. The quantitative estimate of drug-likeness (QED) is 0.484. The van der Waals surface area contributed by atoms with E-state index in [2.05, 4.69) is 0 Å². The van der Waals surface area contributed by atoms with Crippen LogP contribution in [0.2, 0.25) is 0 Å². The van der Waals surface area contributed by atoms with Crippen molar-refractivity contribution in [2.24, 2.45) is 5.73 Å². The van der Waals surface area contributed by atoms with E-state index in [1.54, 1.807) is 0 Å². The number of rotatable bonds is 4. The second-order valence-corrected chi connectivity index (χ2v) is 2.83. The second-order valence-electron chi connectivity index (χ2n) is 1.64. The highest BCUT2D eigenvalue weighted by Crippen LogP contribution is 1.95. The van der Waals surface area contributed by atoms with Crippen molar-refractivity contribution < 1.29 is 13.9 Å². The monoisotopic (exact) mass is 152 g/mol. The van der Waals surface area contributed by atoms with Gasteiger partial charge in [-0.2, -0.15) is 0 Å². The molecule has 0 saturated carbocycles. The van der Waals surface area contributed by atoms with Gasteiger partial charge in [0.15, 0.2) is 0 Å². The fraction of sp³-hybridized carbons (Fsp3) is 1.00. The van der Waals surface area contributed by atoms with Gasteiger partial charge in [0.05, 0.1) is 6.61 Å². The summed E-state index contributed by atoms with van der Waals surface area (Å²) in [7, 11) is 0. The Balaban J connectivity index is 3.54. The highest BCUT2D eigenvalue weighted by molar-refractivity contribution is 7.79. The van der Waals surface area contributed by atoms with Crippen molar-refractivity contribution >= 4 is 11.1 Å². The van der Waals surface area contributed by atoms with E-state index >= 15 is 0 Å². The molecule has 0 spiro atoms. The average Bonchev–Trinajstić information content (AvgIpc) is 1.82. The maximum Gasteiger partial charge on any atom is 0.0564 e. The van der Waals surface area contributed by atoms with Crippen LogP contribution in [-0.4, -0.2) is 32.3 Å². The van der Waals surface area contributed by atoms with Crippen LogP contribution in [0.5, 0.6) is 0 Å². The zero-order chi connectivity index (χ0) is 7.28. The molecule has 0 fully saturated rings. The first-order valence-corrected chi connectivity index (χ1v) is 3.75. The summed E-state index contributed by atoms with van der Waals surface area (Å²) in [6.45, 7) is -0.0491. The van der Waals surface area contributed by atoms with Gasteiger partial charge in [0.2, 0.25) is 0 Å². The van der Waals surface area contributed by atoms with Crippen molar-refractivity contribution in [3.05, 3.63) is 0 Å². The fourth-order valence-corrected chi connectivity index (χ4v) is 0.885. The van der Waals surface area contributed by atoms with Gasteiger partial charge in [-0.3, -0.25) is 4.21 Å². The van der Waals surface area contributed by atoms with E-state index in [1.807, 2.05) is 0 Å². The molecule has 2 atom stereocenters. The third-order valence-electron chi connectivity index (χ3n) is 0.964. The Hall–Kier alpha value is 0.0300. The lowest BCUT2D eigenvalue weighted by Gasteiger charge is -2.14. The number of hydrogen-bond acceptors (Lipinski definition) is 4.